The predicted molar refractivity (Wildman–Crippen MR) is 143 cm³/mol. The highest BCUT2D eigenvalue weighted by Crippen LogP contribution is 2.34. The molecule has 0 radical (unpaired) electrons. The lowest BCUT2D eigenvalue weighted by Crippen LogP contribution is -2.24. The third-order valence-electron chi connectivity index (χ3n) is 6.61. The molecule has 0 aliphatic rings. The number of hydrogen-bond acceptors (Lipinski definition) is 4. The smallest absolute Gasteiger partial charge is 0.340 e. The van der Waals surface area contributed by atoms with E-state index in [0.29, 0.717) is 16.7 Å². The Morgan fingerprint density at radius 2 is 1.58 bits per heavy atom. The Kier molecular flexibility index (Phi) is 7.89. The third-order valence-corrected chi connectivity index (χ3v) is 6.61. The van der Waals surface area contributed by atoms with Crippen LogP contribution in [-0.4, -0.2) is 23.1 Å². The Morgan fingerprint density at radius 3 is 2.22 bits per heavy atom. The molecular formula is C31H33NO4. The number of esters is 2. The molecular weight excluding hydrogens is 450 g/mol. The molecule has 4 rings (SSSR count). The van der Waals surface area contributed by atoms with E-state index in [1.165, 1.54) is 0 Å². The summed E-state index contributed by atoms with van der Waals surface area (Å²) in [5.74, 6) is -0.518. The maximum atomic E-state index is 13.5. The highest BCUT2D eigenvalue weighted by atomic mass is 16.5. The summed E-state index contributed by atoms with van der Waals surface area (Å²) in [5.41, 5.74) is 3.99. The van der Waals surface area contributed by atoms with Crippen molar-refractivity contribution in [1.29, 1.82) is 0 Å². The molecule has 0 aliphatic carbocycles. The number of benzene rings is 3. The van der Waals surface area contributed by atoms with Gasteiger partial charge in [0.2, 0.25) is 0 Å². The highest BCUT2D eigenvalue weighted by molar-refractivity contribution is 6.07. The average molecular weight is 484 g/mol. The molecule has 2 unspecified atom stereocenters. The molecule has 3 aromatic carbocycles. The molecule has 1 heterocycles. The van der Waals surface area contributed by atoms with Crippen LogP contribution >= 0.6 is 0 Å². The summed E-state index contributed by atoms with van der Waals surface area (Å²) in [5, 5.41) is 0.693. The van der Waals surface area contributed by atoms with E-state index in [2.05, 4.69) is 13.8 Å². The lowest BCUT2D eigenvalue weighted by atomic mass is 9.84. The standard InChI is InChI=1S/C31H33NO4/c1-5-13-21(3)28(23-14-9-7-10-15-23)31(34)36-25-18-19-27-26(20-25)29(30(33)35-6-2)22(4)32(27)24-16-11-8-12-17-24/h7-12,14-21,28H,5-6,13H2,1-4H3. The van der Waals surface area contributed by atoms with E-state index in [4.69, 9.17) is 9.47 Å². The van der Waals surface area contributed by atoms with Crippen molar-refractivity contribution in [2.45, 2.75) is 46.5 Å². The fourth-order valence-corrected chi connectivity index (χ4v) is 4.99. The van der Waals surface area contributed by atoms with Gasteiger partial charge in [0.1, 0.15) is 5.75 Å². The normalized spacial score (nSPS) is 12.8. The number of carbonyl (C=O) groups is 2. The Labute approximate surface area is 212 Å². The maximum absolute atomic E-state index is 13.5. The quantitative estimate of drug-likeness (QED) is 0.186. The number of fused-ring (bicyclic) bond motifs is 1. The first-order valence-corrected chi connectivity index (χ1v) is 12.6. The highest BCUT2D eigenvalue weighted by Gasteiger charge is 2.29. The minimum Gasteiger partial charge on any atom is -0.462 e. The fraction of sp³-hybridized carbons (Fsp3) is 0.290. The molecule has 1 aromatic heterocycles. The van der Waals surface area contributed by atoms with Gasteiger partial charge in [0.25, 0.3) is 0 Å². The molecule has 0 saturated heterocycles. The zero-order chi connectivity index (χ0) is 25.7. The molecule has 0 fully saturated rings. The number of aromatic nitrogens is 1. The first kappa shape index (κ1) is 25.2. The van der Waals surface area contributed by atoms with Gasteiger partial charge >= 0.3 is 11.9 Å². The molecule has 5 nitrogen and oxygen atoms in total. The van der Waals surface area contributed by atoms with Crippen LogP contribution in [0.5, 0.6) is 5.75 Å². The number of rotatable bonds is 9. The van der Waals surface area contributed by atoms with Gasteiger partial charge in [0.05, 0.1) is 23.6 Å². The summed E-state index contributed by atoms with van der Waals surface area (Å²) in [7, 11) is 0. The summed E-state index contributed by atoms with van der Waals surface area (Å²) in [6.45, 7) is 8.18. The van der Waals surface area contributed by atoms with Crippen LogP contribution in [-0.2, 0) is 9.53 Å². The summed E-state index contributed by atoms with van der Waals surface area (Å²) in [6, 6.07) is 25.1. The van der Waals surface area contributed by atoms with Crippen molar-refractivity contribution < 1.29 is 19.1 Å². The third kappa shape index (κ3) is 5.06. The lowest BCUT2D eigenvalue weighted by Gasteiger charge is -2.22. The van der Waals surface area contributed by atoms with Gasteiger partial charge in [-0.25, -0.2) is 4.79 Å². The molecule has 36 heavy (non-hydrogen) atoms. The molecule has 5 heteroatoms. The Morgan fingerprint density at radius 1 is 0.917 bits per heavy atom. The van der Waals surface area contributed by atoms with E-state index >= 15 is 0 Å². The second-order valence-electron chi connectivity index (χ2n) is 9.11. The topological polar surface area (TPSA) is 57.5 Å². The zero-order valence-electron chi connectivity index (χ0n) is 21.4. The van der Waals surface area contributed by atoms with E-state index in [0.717, 1.165) is 35.3 Å². The van der Waals surface area contributed by atoms with E-state index in [1.807, 2.05) is 78.2 Å². The molecule has 4 aromatic rings. The molecule has 186 valence electrons. The number of ether oxygens (including phenoxy) is 2. The second-order valence-corrected chi connectivity index (χ2v) is 9.11. The first-order valence-electron chi connectivity index (χ1n) is 12.6. The minimum atomic E-state index is -0.392. The molecule has 0 saturated carbocycles. The fourth-order valence-electron chi connectivity index (χ4n) is 4.99. The SMILES string of the molecule is CCCC(C)C(C(=O)Oc1ccc2c(c1)c(C(=O)OCC)c(C)n2-c1ccccc1)c1ccccc1. The summed E-state index contributed by atoms with van der Waals surface area (Å²) >= 11 is 0. The van der Waals surface area contributed by atoms with Crippen molar-refractivity contribution in [3.63, 3.8) is 0 Å². The van der Waals surface area contributed by atoms with Crippen LogP contribution in [0.4, 0.5) is 0 Å². The number of carbonyl (C=O) groups excluding carboxylic acids is 2. The van der Waals surface area contributed by atoms with Gasteiger partial charge in [-0.3, -0.25) is 4.79 Å². The monoisotopic (exact) mass is 483 g/mol. The number of hydrogen-bond donors (Lipinski definition) is 0. The van der Waals surface area contributed by atoms with Crippen LogP contribution in [0.2, 0.25) is 0 Å². The Hall–Kier alpha value is -3.86. The van der Waals surface area contributed by atoms with Crippen LogP contribution in [0.1, 0.15) is 61.1 Å². The number of para-hydroxylation sites is 1. The molecule has 0 spiro atoms. The summed E-state index contributed by atoms with van der Waals surface area (Å²) in [4.78, 5) is 26.4. The van der Waals surface area contributed by atoms with Crippen LogP contribution in [0.25, 0.3) is 16.6 Å². The van der Waals surface area contributed by atoms with Crippen LogP contribution < -0.4 is 4.74 Å². The Balaban J connectivity index is 1.76. The van der Waals surface area contributed by atoms with Crippen molar-refractivity contribution in [3.8, 4) is 11.4 Å². The van der Waals surface area contributed by atoms with Gasteiger partial charge in [0.15, 0.2) is 0 Å². The van der Waals surface area contributed by atoms with Gasteiger partial charge in [-0.1, -0.05) is 68.8 Å². The van der Waals surface area contributed by atoms with Crippen LogP contribution in [0.15, 0.2) is 78.9 Å². The van der Waals surface area contributed by atoms with Gasteiger partial charge < -0.3 is 14.0 Å². The molecule has 0 aliphatic heterocycles. The van der Waals surface area contributed by atoms with Crippen molar-refractivity contribution in [2.24, 2.45) is 5.92 Å². The molecule has 2 atom stereocenters. The Bertz CT molecular complexity index is 1340. The molecule has 0 bridgehead atoms. The van der Waals surface area contributed by atoms with E-state index in [1.54, 1.807) is 19.1 Å². The second kappa shape index (κ2) is 11.3. The van der Waals surface area contributed by atoms with E-state index in [9.17, 15) is 9.59 Å². The molecule has 0 N–H and O–H groups in total. The zero-order valence-corrected chi connectivity index (χ0v) is 21.4. The van der Waals surface area contributed by atoms with Crippen molar-refractivity contribution in [1.82, 2.24) is 4.57 Å². The molecule has 0 amide bonds. The largest absolute Gasteiger partial charge is 0.462 e. The van der Waals surface area contributed by atoms with E-state index < -0.39 is 5.97 Å². The maximum Gasteiger partial charge on any atom is 0.340 e. The van der Waals surface area contributed by atoms with E-state index in [-0.39, 0.29) is 24.4 Å². The van der Waals surface area contributed by atoms with Gasteiger partial charge in [-0.2, -0.15) is 0 Å². The van der Waals surface area contributed by atoms with Gasteiger partial charge in [-0.05, 0) is 62.1 Å². The predicted octanol–water partition coefficient (Wildman–Crippen LogP) is 7.24. The average Bonchev–Trinajstić information content (AvgIpc) is 3.16. The van der Waals surface area contributed by atoms with Crippen molar-refractivity contribution in [3.05, 3.63) is 95.7 Å². The number of nitrogens with zero attached hydrogens (tertiary/aromatic N) is 1. The summed E-state index contributed by atoms with van der Waals surface area (Å²) in [6.07, 6.45) is 1.90. The van der Waals surface area contributed by atoms with Gasteiger partial charge in [0, 0.05) is 16.8 Å². The van der Waals surface area contributed by atoms with Crippen LogP contribution in [0.3, 0.4) is 0 Å². The first-order chi connectivity index (χ1) is 17.5. The minimum absolute atomic E-state index is 0.130. The summed E-state index contributed by atoms with van der Waals surface area (Å²) < 4.78 is 13.4. The van der Waals surface area contributed by atoms with Crippen molar-refractivity contribution >= 4 is 22.8 Å². The van der Waals surface area contributed by atoms with Crippen molar-refractivity contribution in [2.75, 3.05) is 6.61 Å². The lowest BCUT2D eigenvalue weighted by molar-refractivity contribution is -0.137. The van der Waals surface area contributed by atoms with Gasteiger partial charge in [-0.15, -0.1) is 0 Å². The van der Waals surface area contributed by atoms with Crippen LogP contribution in [0, 0.1) is 12.8 Å².